The third kappa shape index (κ3) is 8.74. The smallest absolute Gasteiger partial charge is 0.223 e. The van der Waals surface area contributed by atoms with Crippen LogP contribution in [0.25, 0.3) is 0 Å². The molecule has 7 heteroatoms. The quantitative estimate of drug-likeness (QED) is 0.369. The average molecular weight is 423 g/mol. The zero-order valence-corrected chi connectivity index (χ0v) is 19.3. The molecule has 1 aliphatic rings. The van der Waals surface area contributed by atoms with E-state index in [1.807, 2.05) is 15.7 Å². The minimum atomic E-state index is -0.839. The lowest BCUT2D eigenvalue weighted by Gasteiger charge is -2.35. The van der Waals surface area contributed by atoms with E-state index < -0.39 is 6.29 Å². The molecule has 1 N–H and O–H groups in total. The lowest BCUT2D eigenvalue weighted by atomic mass is 10.0. The third-order valence-corrected chi connectivity index (χ3v) is 6.07. The summed E-state index contributed by atoms with van der Waals surface area (Å²) in [7, 11) is 4.21. The van der Waals surface area contributed by atoms with Gasteiger partial charge in [0.25, 0.3) is 0 Å². The number of unbranched alkanes of at least 4 members (excludes halogenated alkanes) is 5. The molecule has 0 aliphatic carbocycles. The van der Waals surface area contributed by atoms with E-state index in [9.17, 15) is 9.90 Å². The van der Waals surface area contributed by atoms with Crippen molar-refractivity contribution in [3.05, 3.63) is 18.2 Å². The molecule has 0 saturated carbocycles. The summed E-state index contributed by atoms with van der Waals surface area (Å²) in [5.41, 5.74) is 0. The van der Waals surface area contributed by atoms with Gasteiger partial charge in [0.15, 0.2) is 6.29 Å². The van der Waals surface area contributed by atoms with E-state index in [1.54, 1.807) is 6.20 Å². The highest BCUT2D eigenvalue weighted by molar-refractivity contribution is 5.76. The molecule has 0 bridgehead atoms. The largest absolute Gasteiger partial charge is 0.366 e. The number of amides is 1. The van der Waals surface area contributed by atoms with Gasteiger partial charge in [-0.05, 0) is 33.4 Å². The van der Waals surface area contributed by atoms with E-state index in [1.165, 1.54) is 25.7 Å². The number of carbonyl (C=O) groups excluding carboxylic acids is 1. The summed E-state index contributed by atoms with van der Waals surface area (Å²) in [6.45, 7) is 4.82. The Morgan fingerprint density at radius 3 is 2.63 bits per heavy atom. The topological polar surface area (TPSA) is 70.8 Å². The first-order chi connectivity index (χ1) is 14.5. The van der Waals surface area contributed by atoms with E-state index in [0.717, 1.165) is 44.6 Å². The summed E-state index contributed by atoms with van der Waals surface area (Å²) in [4.78, 5) is 21.2. The summed E-state index contributed by atoms with van der Waals surface area (Å²) in [5.74, 6) is 1.02. The van der Waals surface area contributed by atoms with Crippen molar-refractivity contribution in [1.82, 2.24) is 19.4 Å². The van der Waals surface area contributed by atoms with E-state index >= 15 is 0 Å². The zero-order valence-electron chi connectivity index (χ0n) is 19.3. The fraction of sp³-hybridized carbons (Fsp3) is 0.826. The van der Waals surface area contributed by atoms with E-state index in [-0.39, 0.29) is 5.91 Å². The van der Waals surface area contributed by atoms with Crippen LogP contribution in [0.1, 0.15) is 70.5 Å². The van der Waals surface area contributed by atoms with Gasteiger partial charge < -0.3 is 24.2 Å². The highest BCUT2D eigenvalue weighted by Gasteiger charge is 2.24. The van der Waals surface area contributed by atoms with Gasteiger partial charge in [0.1, 0.15) is 5.82 Å². The van der Waals surface area contributed by atoms with Crippen LogP contribution in [-0.2, 0) is 22.5 Å². The first-order valence-corrected chi connectivity index (χ1v) is 11.7. The number of aryl methyl sites for hydroxylation is 1. The van der Waals surface area contributed by atoms with Crippen LogP contribution in [0, 0.1) is 0 Å². The van der Waals surface area contributed by atoms with Gasteiger partial charge in [-0.25, -0.2) is 4.98 Å². The van der Waals surface area contributed by atoms with Crippen molar-refractivity contribution in [1.29, 1.82) is 0 Å². The van der Waals surface area contributed by atoms with Gasteiger partial charge in [-0.3, -0.25) is 4.79 Å². The number of likely N-dealkylation sites (tertiary alicyclic amines) is 1. The molecular weight excluding hydrogens is 380 g/mol. The molecule has 1 saturated heterocycles. The molecule has 0 radical (unpaired) electrons. The maximum Gasteiger partial charge on any atom is 0.223 e. The number of aliphatic hydroxyl groups excluding tert-OH is 1. The van der Waals surface area contributed by atoms with Crippen molar-refractivity contribution < 1.29 is 14.6 Å². The number of nitrogens with zero attached hydrogens (tertiary/aromatic N) is 4. The molecule has 1 fully saturated rings. The molecule has 0 aromatic carbocycles. The monoisotopic (exact) mass is 422 g/mol. The lowest BCUT2D eigenvalue weighted by Crippen LogP contribution is -2.44. The van der Waals surface area contributed by atoms with Crippen molar-refractivity contribution in [3.63, 3.8) is 0 Å². The predicted molar refractivity (Wildman–Crippen MR) is 119 cm³/mol. The Balaban J connectivity index is 1.65. The van der Waals surface area contributed by atoms with Crippen molar-refractivity contribution in [2.45, 2.75) is 90.0 Å². The minimum absolute atomic E-state index is 0.196. The number of piperidine rings is 1. The second-order valence-electron chi connectivity index (χ2n) is 8.66. The van der Waals surface area contributed by atoms with E-state index in [0.29, 0.717) is 32.0 Å². The van der Waals surface area contributed by atoms with Crippen molar-refractivity contribution >= 4 is 5.91 Å². The molecule has 2 heterocycles. The minimum Gasteiger partial charge on any atom is -0.366 e. The Bertz CT molecular complexity index is 597. The Hall–Kier alpha value is -1.44. The first-order valence-electron chi connectivity index (χ1n) is 11.7. The molecule has 0 spiro atoms. The SMILES string of the molecule is CCCCCCCCOC(O)Cn1ccnc1CCC(=O)N1CCC(N(C)C)CC1. The lowest BCUT2D eigenvalue weighted by molar-refractivity contribution is -0.132. The zero-order chi connectivity index (χ0) is 21.8. The standard InChI is InChI=1S/C23H42N4O3/c1-4-5-6-7-8-9-18-30-23(29)19-27-17-14-24-21(27)10-11-22(28)26-15-12-20(13-16-26)25(2)3/h14,17,20,23,29H,4-13,15-16,18-19H2,1-3H3. The molecule has 7 nitrogen and oxygen atoms in total. The van der Waals surface area contributed by atoms with Crippen LogP contribution >= 0.6 is 0 Å². The predicted octanol–water partition coefficient (Wildman–Crippen LogP) is 3.06. The summed E-state index contributed by atoms with van der Waals surface area (Å²) in [6.07, 6.45) is 13.0. The first kappa shape index (κ1) is 24.8. The van der Waals surface area contributed by atoms with Gasteiger partial charge >= 0.3 is 0 Å². The summed E-state index contributed by atoms with van der Waals surface area (Å²) >= 11 is 0. The molecule has 1 aromatic rings. The highest BCUT2D eigenvalue weighted by Crippen LogP contribution is 2.16. The van der Waals surface area contributed by atoms with Crippen LogP contribution in [0.5, 0.6) is 0 Å². The van der Waals surface area contributed by atoms with E-state index in [4.69, 9.17) is 4.74 Å². The Morgan fingerprint density at radius 1 is 1.23 bits per heavy atom. The van der Waals surface area contributed by atoms with Gasteiger partial charge in [-0.1, -0.05) is 39.0 Å². The molecule has 1 unspecified atom stereocenters. The molecule has 30 heavy (non-hydrogen) atoms. The Morgan fingerprint density at radius 2 is 1.93 bits per heavy atom. The van der Waals surface area contributed by atoms with Gasteiger partial charge in [0.05, 0.1) is 6.54 Å². The van der Waals surface area contributed by atoms with E-state index in [2.05, 4.69) is 30.9 Å². The van der Waals surface area contributed by atoms with Gasteiger partial charge in [0.2, 0.25) is 5.91 Å². The fourth-order valence-corrected chi connectivity index (χ4v) is 4.07. The summed E-state index contributed by atoms with van der Waals surface area (Å²) < 4.78 is 7.45. The van der Waals surface area contributed by atoms with Crippen LogP contribution in [0.4, 0.5) is 0 Å². The van der Waals surface area contributed by atoms with Crippen LogP contribution in [0.3, 0.4) is 0 Å². The number of aromatic nitrogens is 2. The summed E-state index contributed by atoms with van der Waals surface area (Å²) in [5, 5.41) is 10.2. The van der Waals surface area contributed by atoms with Crippen molar-refractivity contribution in [2.24, 2.45) is 0 Å². The number of rotatable bonds is 14. The maximum absolute atomic E-state index is 12.6. The highest BCUT2D eigenvalue weighted by atomic mass is 16.6. The molecule has 172 valence electrons. The molecule has 1 aromatic heterocycles. The summed E-state index contributed by atoms with van der Waals surface area (Å²) in [6, 6.07) is 0.575. The number of carbonyl (C=O) groups is 1. The van der Waals surface area contributed by atoms with Crippen LogP contribution < -0.4 is 0 Å². The van der Waals surface area contributed by atoms with Gasteiger partial charge in [-0.2, -0.15) is 0 Å². The molecular formula is C23H42N4O3. The maximum atomic E-state index is 12.6. The van der Waals surface area contributed by atoms with Crippen LogP contribution in [0.15, 0.2) is 12.4 Å². The fourth-order valence-electron chi connectivity index (χ4n) is 4.07. The number of aliphatic hydroxyl groups is 1. The van der Waals surface area contributed by atoms with Crippen LogP contribution in [0.2, 0.25) is 0 Å². The average Bonchev–Trinajstić information content (AvgIpc) is 3.18. The second-order valence-corrected chi connectivity index (χ2v) is 8.66. The Labute approximate surface area is 182 Å². The Kier molecular flexibility index (Phi) is 11.4. The molecule has 2 rings (SSSR count). The normalized spacial score (nSPS) is 16.4. The van der Waals surface area contributed by atoms with Crippen molar-refractivity contribution in [3.8, 4) is 0 Å². The number of hydrogen-bond acceptors (Lipinski definition) is 5. The third-order valence-electron chi connectivity index (χ3n) is 6.07. The van der Waals surface area contributed by atoms with Gasteiger partial charge in [-0.15, -0.1) is 0 Å². The van der Waals surface area contributed by atoms with Gasteiger partial charge in [0, 0.05) is 51.0 Å². The van der Waals surface area contributed by atoms with Crippen molar-refractivity contribution in [2.75, 3.05) is 33.8 Å². The number of ether oxygens (including phenoxy) is 1. The molecule has 1 atom stereocenters. The molecule has 1 aliphatic heterocycles. The number of hydrogen-bond donors (Lipinski definition) is 1. The second kappa shape index (κ2) is 13.8. The number of imidazole rings is 1. The molecule has 1 amide bonds. The van der Waals surface area contributed by atoms with Crippen LogP contribution in [-0.4, -0.2) is 76.5 Å².